The molecule has 0 unspecified atom stereocenters. The summed E-state index contributed by atoms with van der Waals surface area (Å²) in [6, 6.07) is 6.97. The molecule has 1 aliphatic heterocycles. The Morgan fingerprint density at radius 1 is 1.00 bits per heavy atom. The van der Waals surface area contributed by atoms with Crippen molar-refractivity contribution in [3.8, 4) is 0 Å². The van der Waals surface area contributed by atoms with E-state index in [-0.39, 0.29) is 22.8 Å². The molecule has 2 aromatic carbocycles. The topological polar surface area (TPSA) is 42.3 Å². The normalized spacial score (nSPS) is 16.4. The SMILES string of the molecule is Cn1c2c(sc1=O)[C@@H](c1ccc(F)cc1)CC(=O)N2c1cc(F)c(F)c(F)c1. The van der Waals surface area contributed by atoms with Gasteiger partial charge in [-0.15, -0.1) is 0 Å². The van der Waals surface area contributed by atoms with Gasteiger partial charge < -0.3 is 0 Å². The minimum absolute atomic E-state index is 0.0980. The highest BCUT2D eigenvalue weighted by Crippen LogP contribution is 2.44. The van der Waals surface area contributed by atoms with Crippen LogP contribution in [-0.4, -0.2) is 10.5 Å². The number of fused-ring (bicyclic) bond motifs is 1. The van der Waals surface area contributed by atoms with Crippen LogP contribution in [0.3, 0.4) is 0 Å². The van der Waals surface area contributed by atoms with Crippen LogP contribution in [0.5, 0.6) is 0 Å². The third kappa shape index (κ3) is 2.82. The zero-order chi connectivity index (χ0) is 20.2. The number of thiazole rings is 1. The highest BCUT2D eigenvalue weighted by atomic mass is 32.1. The van der Waals surface area contributed by atoms with Crippen LogP contribution < -0.4 is 9.77 Å². The number of halogens is 4. The molecule has 1 aromatic heterocycles. The molecule has 4 nitrogen and oxygen atoms in total. The van der Waals surface area contributed by atoms with Crippen LogP contribution in [0, 0.1) is 23.3 Å². The first-order chi connectivity index (χ1) is 13.3. The number of carbonyl (C=O) groups is 1. The first kappa shape index (κ1) is 18.4. The van der Waals surface area contributed by atoms with Crippen molar-refractivity contribution in [1.82, 2.24) is 4.57 Å². The zero-order valence-corrected chi connectivity index (χ0v) is 15.2. The van der Waals surface area contributed by atoms with Gasteiger partial charge in [0.15, 0.2) is 17.5 Å². The van der Waals surface area contributed by atoms with E-state index in [1.807, 2.05) is 0 Å². The van der Waals surface area contributed by atoms with E-state index >= 15 is 0 Å². The third-order valence-corrected chi connectivity index (χ3v) is 5.80. The predicted octanol–water partition coefficient (Wildman–Crippen LogP) is 4.20. The van der Waals surface area contributed by atoms with E-state index in [1.165, 1.54) is 35.9 Å². The van der Waals surface area contributed by atoms with Crippen molar-refractivity contribution in [2.24, 2.45) is 7.05 Å². The molecule has 0 bridgehead atoms. The van der Waals surface area contributed by atoms with E-state index in [4.69, 9.17) is 0 Å². The predicted molar refractivity (Wildman–Crippen MR) is 95.9 cm³/mol. The summed E-state index contributed by atoms with van der Waals surface area (Å²) in [5.41, 5.74) is 0.419. The molecule has 2 heterocycles. The van der Waals surface area contributed by atoms with Gasteiger partial charge >= 0.3 is 4.87 Å². The Hall–Kier alpha value is -2.94. The molecule has 0 spiro atoms. The summed E-state index contributed by atoms with van der Waals surface area (Å²) in [4.78, 5) is 26.3. The number of rotatable bonds is 2. The molecular weight excluding hydrogens is 396 g/mol. The van der Waals surface area contributed by atoms with E-state index in [2.05, 4.69) is 0 Å². The molecule has 1 aliphatic rings. The average Bonchev–Trinajstić information content (AvgIpc) is 2.94. The molecule has 3 aromatic rings. The van der Waals surface area contributed by atoms with Gasteiger partial charge in [0, 0.05) is 31.5 Å². The average molecular weight is 408 g/mol. The maximum absolute atomic E-state index is 13.7. The van der Waals surface area contributed by atoms with Gasteiger partial charge in [0.05, 0.1) is 10.6 Å². The highest BCUT2D eigenvalue weighted by molar-refractivity contribution is 7.10. The molecule has 4 rings (SSSR count). The Morgan fingerprint density at radius 2 is 1.61 bits per heavy atom. The minimum atomic E-state index is -1.64. The van der Waals surface area contributed by atoms with Gasteiger partial charge in [-0.05, 0) is 17.7 Å². The second-order valence-electron chi connectivity index (χ2n) is 6.38. The summed E-state index contributed by atoms with van der Waals surface area (Å²) in [5, 5.41) is 0. The van der Waals surface area contributed by atoms with E-state index < -0.39 is 35.1 Å². The fourth-order valence-electron chi connectivity index (χ4n) is 3.33. The van der Waals surface area contributed by atoms with Crippen molar-refractivity contribution in [3.05, 3.63) is 79.8 Å². The van der Waals surface area contributed by atoms with Crippen LogP contribution in [0.4, 0.5) is 29.1 Å². The summed E-state index contributed by atoms with van der Waals surface area (Å²) in [7, 11) is 1.43. The van der Waals surface area contributed by atoms with Gasteiger partial charge in [0.25, 0.3) is 0 Å². The fourth-order valence-corrected chi connectivity index (χ4v) is 4.42. The third-order valence-electron chi connectivity index (χ3n) is 4.66. The lowest BCUT2D eigenvalue weighted by Crippen LogP contribution is -2.35. The van der Waals surface area contributed by atoms with E-state index in [0.29, 0.717) is 22.6 Å². The summed E-state index contributed by atoms with van der Waals surface area (Å²) in [6.07, 6.45) is -0.0980. The molecule has 0 radical (unpaired) electrons. The Balaban J connectivity index is 1.91. The minimum Gasteiger partial charge on any atom is -0.288 e. The maximum Gasteiger partial charge on any atom is 0.308 e. The molecule has 1 atom stereocenters. The largest absolute Gasteiger partial charge is 0.308 e. The standard InChI is InChI=1S/C19H12F4N2O2S/c1-24-18-17(28-19(24)27)12(9-2-4-10(20)5-3-9)8-15(26)25(18)11-6-13(21)16(23)14(22)7-11/h2-7,12H,8H2,1H3/t12-/m1/s1. The number of nitrogens with zero attached hydrogens (tertiary/aromatic N) is 2. The number of amides is 1. The smallest absolute Gasteiger partial charge is 0.288 e. The van der Waals surface area contributed by atoms with Gasteiger partial charge in [-0.1, -0.05) is 23.5 Å². The van der Waals surface area contributed by atoms with Crippen molar-refractivity contribution in [2.75, 3.05) is 4.90 Å². The van der Waals surface area contributed by atoms with Crippen LogP contribution in [0.25, 0.3) is 0 Å². The summed E-state index contributed by atoms with van der Waals surface area (Å²) in [6.45, 7) is 0. The number of hydrogen-bond acceptors (Lipinski definition) is 3. The zero-order valence-electron chi connectivity index (χ0n) is 14.4. The Kier molecular flexibility index (Phi) is 4.34. The number of hydrogen-bond donors (Lipinski definition) is 0. The summed E-state index contributed by atoms with van der Waals surface area (Å²) < 4.78 is 55.3. The second kappa shape index (κ2) is 6.59. The Morgan fingerprint density at radius 3 is 2.21 bits per heavy atom. The number of carbonyl (C=O) groups excluding carboxylic acids is 1. The molecule has 144 valence electrons. The number of benzene rings is 2. The van der Waals surface area contributed by atoms with E-state index in [9.17, 15) is 27.2 Å². The summed E-state index contributed by atoms with van der Waals surface area (Å²) >= 11 is 0.894. The van der Waals surface area contributed by atoms with Crippen LogP contribution >= 0.6 is 11.3 Å². The first-order valence-corrected chi connectivity index (χ1v) is 9.02. The summed E-state index contributed by atoms with van der Waals surface area (Å²) in [5.74, 6) is -5.83. The molecule has 0 saturated heterocycles. The lowest BCUT2D eigenvalue weighted by molar-refractivity contribution is -0.118. The molecule has 9 heteroatoms. The first-order valence-electron chi connectivity index (χ1n) is 8.20. The van der Waals surface area contributed by atoms with Crippen molar-refractivity contribution in [1.29, 1.82) is 0 Å². The lowest BCUT2D eigenvalue weighted by atomic mass is 9.90. The molecule has 0 fully saturated rings. The Bertz CT molecular complexity index is 1130. The van der Waals surface area contributed by atoms with Gasteiger partial charge in [0.2, 0.25) is 5.91 Å². The van der Waals surface area contributed by atoms with Crippen LogP contribution in [0.2, 0.25) is 0 Å². The molecular formula is C19H12F4N2O2S. The number of aromatic nitrogens is 1. The molecule has 0 saturated carbocycles. The van der Waals surface area contributed by atoms with Crippen molar-refractivity contribution in [2.45, 2.75) is 12.3 Å². The fraction of sp³-hybridized carbons (Fsp3) is 0.158. The van der Waals surface area contributed by atoms with Crippen molar-refractivity contribution >= 4 is 28.7 Å². The molecule has 28 heavy (non-hydrogen) atoms. The number of anilines is 2. The van der Waals surface area contributed by atoms with Crippen LogP contribution in [-0.2, 0) is 11.8 Å². The molecule has 0 aliphatic carbocycles. The van der Waals surface area contributed by atoms with E-state index in [0.717, 1.165) is 16.2 Å². The van der Waals surface area contributed by atoms with Gasteiger partial charge in [-0.3, -0.25) is 19.1 Å². The maximum atomic E-state index is 13.7. The van der Waals surface area contributed by atoms with Crippen molar-refractivity contribution in [3.63, 3.8) is 0 Å². The monoisotopic (exact) mass is 408 g/mol. The quantitative estimate of drug-likeness (QED) is 0.471. The van der Waals surface area contributed by atoms with Crippen molar-refractivity contribution < 1.29 is 22.4 Å². The second-order valence-corrected chi connectivity index (χ2v) is 7.37. The van der Waals surface area contributed by atoms with E-state index in [1.54, 1.807) is 0 Å². The van der Waals surface area contributed by atoms with Gasteiger partial charge in [0.1, 0.15) is 11.6 Å². The molecule has 1 amide bonds. The lowest BCUT2D eigenvalue weighted by Gasteiger charge is -2.32. The van der Waals surface area contributed by atoms with Crippen LogP contribution in [0.1, 0.15) is 22.8 Å². The highest BCUT2D eigenvalue weighted by Gasteiger charge is 2.38. The Labute approximate surface area is 160 Å². The van der Waals surface area contributed by atoms with Gasteiger partial charge in [-0.25, -0.2) is 17.6 Å². The molecule has 0 N–H and O–H groups in total. The van der Waals surface area contributed by atoms with Crippen LogP contribution in [0.15, 0.2) is 41.2 Å². The van der Waals surface area contributed by atoms with Gasteiger partial charge in [-0.2, -0.15) is 0 Å².